The molecule has 0 unspecified atom stereocenters. The summed E-state index contributed by atoms with van der Waals surface area (Å²) in [5.74, 6) is -0.280. The Morgan fingerprint density at radius 1 is 1.27 bits per heavy atom. The van der Waals surface area contributed by atoms with Gasteiger partial charge in [-0.15, -0.1) is 0 Å². The van der Waals surface area contributed by atoms with Crippen LogP contribution >= 0.6 is 0 Å². The molecule has 1 saturated heterocycles. The summed E-state index contributed by atoms with van der Waals surface area (Å²) in [5.41, 5.74) is 0. The number of hydrogen-bond acceptors (Lipinski definition) is 5. The van der Waals surface area contributed by atoms with Crippen LogP contribution in [0.5, 0.6) is 0 Å². The molecule has 0 aromatic rings. The molecule has 0 radical (unpaired) electrons. The number of carbonyl (C=O) groups excluding carboxylic acids is 1. The molecule has 0 N–H and O–H groups in total. The zero-order valence-corrected chi connectivity index (χ0v) is 9.23. The molecule has 0 bridgehead atoms. The molecular formula is C10H18O5. The van der Waals surface area contributed by atoms with Gasteiger partial charge in [0.1, 0.15) is 6.10 Å². The van der Waals surface area contributed by atoms with Crippen LogP contribution in [0.4, 0.5) is 0 Å². The van der Waals surface area contributed by atoms with Crippen LogP contribution < -0.4 is 0 Å². The van der Waals surface area contributed by atoms with E-state index < -0.39 is 6.29 Å². The van der Waals surface area contributed by atoms with Gasteiger partial charge in [-0.2, -0.15) is 0 Å². The number of hydrogen-bond donors (Lipinski definition) is 0. The molecule has 0 amide bonds. The molecule has 5 heteroatoms. The van der Waals surface area contributed by atoms with E-state index in [4.69, 9.17) is 18.9 Å². The summed E-state index contributed by atoms with van der Waals surface area (Å²) in [6.07, 6.45) is -0.621. The normalized spacial score (nSPS) is 26.3. The average Bonchev–Trinajstić information content (AvgIpc) is 2.21. The maximum atomic E-state index is 11.2. The van der Waals surface area contributed by atoms with Gasteiger partial charge in [0.05, 0.1) is 26.2 Å². The van der Waals surface area contributed by atoms with Crippen LogP contribution in [0.25, 0.3) is 0 Å². The van der Waals surface area contributed by atoms with Crippen LogP contribution in [0.15, 0.2) is 0 Å². The first kappa shape index (κ1) is 12.4. The molecule has 1 aliphatic rings. The van der Waals surface area contributed by atoms with Gasteiger partial charge in [0.2, 0.25) is 0 Å². The highest BCUT2D eigenvalue weighted by Gasteiger charge is 2.29. The average molecular weight is 218 g/mol. The number of carbonyl (C=O) groups is 1. The largest absolute Gasteiger partial charge is 0.466 e. The summed E-state index contributed by atoms with van der Waals surface area (Å²) in [4.78, 5) is 11.2. The highest BCUT2D eigenvalue weighted by molar-refractivity contribution is 5.70. The molecule has 0 saturated carbocycles. The lowest BCUT2D eigenvalue weighted by Crippen LogP contribution is -2.41. The molecule has 1 fully saturated rings. The summed E-state index contributed by atoms with van der Waals surface area (Å²) in [6.45, 7) is 5.56. The minimum Gasteiger partial charge on any atom is -0.466 e. The Morgan fingerprint density at radius 3 is 2.67 bits per heavy atom. The van der Waals surface area contributed by atoms with E-state index >= 15 is 0 Å². The minimum absolute atomic E-state index is 0.179. The Labute approximate surface area is 89.6 Å². The molecule has 15 heavy (non-hydrogen) atoms. The van der Waals surface area contributed by atoms with Crippen molar-refractivity contribution in [1.82, 2.24) is 0 Å². The predicted octanol–water partition coefficient (Wildman–Crippen LogP) is 0.718. The number of esters is 1. The third kappa shape index (κ3) is 4.15. The fourth-order valence-electron chi connectivity index (χ4n) is 1.41. The first-order valence-corrected chi connectivity index (χ1v) is 5.28. The van der Waals surface area contributed by atoms with E-state index in [0.717, 1.165) is 0 Å². The smallest absolute Gasteiger partial charge is 0.308 e. The molecule has 0 spiro atoms. The van der Waals surface area contributed by atoms with Crippen LogP contribution in [-0.4, -0.2) is 44.8 Å². The van der Waals surface area contributed by atoms with E-state index in [-0.39, 0.29) is 18.5 Å². The van der Waals surface area contributed by atoms with Crippen molar-refractivity contribution in [2.75, 3.05) is 26.4 Å². The monoisotopic (exact) mass is 218 g/mol. The standard InChI is InChI=1S/C10H18O5/c1-3-12-9(11)7-8-10(13-4-2)15-6-5-14-8/h8,10H,3-7H2,1-2H3/t8-,10+/m1/s1. The molecule has 2 atom stereocenters. The molecule has 1 aliphatic heterocycles. The zero-order valence-electron chi connectivity index (χ0n) is 9.23. The van der Waals surface area contributed by atoms with Crippen LogP contribution in [-0.2, 0) is 23.7 Å². The van der Waals surface area contributed by atoms with Gasteiger partial charge in [-0.05, 0) is 13.8 Å². The lowest BCUT2D eigenvalue weighted by Gasteiger charge is -2.30. The Morgan fingerprint density at radius 2 is 2.00 bits per heavy atom. The first-order chi connectivity index (χ1) is 7.27. The molecule has 0 aliphatic carbocycles. The van der Waals surface area contributed by atoms with Gasteiger partial charge in [-0.25, -0.2) is 0 Å². The maximum Gasteiger partial charge on any atom is 0.308 e. The Kier molecular flexibility index (Phi) is 5.60. The number of rotatable bonds is 5. The second kappa shape index (κ2) is 6.76. The van der Waals surface area contributed by atoms with E-state index in [1.807, 2.05) is 6.92 Å². The minimum atomic E-state index is -0.451. The van der Waals surface area contributed by atoms with Crippen LogP contribution in [0.1, 0.15) is 20.3 Å². The number of ether oxygens (including phenoxy) is 4. The lowest BCUT2D eigenvalue weighted by molar-refractivity contribution is -0.248. The summed E-state index contributed by atoms with van der Waals surface area (Å²) < 4.78 is 20.9. The predicted molar refractivity (Wildman–Crippen MR) is 52.4 cm³/mol. The lowest BCUT2D eigenvalue weighted by atomic mass is 10.2. The molecule has 1 heterocycles. The van der Waals surface area contributed by atoms with Crippen molar-refractivity contribution in [3.63, 3.8) is 0 Å². The van der Waals surface area contributed by atoms with Gasteiger partial charge in [0, 0.05) is 6.61 Å². The van der Waals surface area contributed by atoms with Gasteiger partial charge >= 0.3 is 5.97 Å². The van der Waals surface area contributed by atoms with Gasteiger partial charge in [-0.3, -0.25) is 4.79 Å². The molecule has 5 nitrogen and oxygen atoms in total. The fraction of sp³-hybridized carbons (Fsp3) is 0.900. The molecule has 0 aromatic heterocycles. The molecule has 1 rings (SSSR count). The summed E-state index contributed by atoms with van der Waals surface area (Å²) in [7, 11) is 0. The van der Waals surface area contributed by atoms with Crippen molar-refractivity contribution in [2.45, 2.75) is 32.7 Å². The van der Waals surface area contributed by atoms with Gasteiger partial charge in [-0.1, -0.05) is 0 Å². The van der Waals surface area contributed by atoms with Crippen molar-refractivity contribution in [3.05, 3.63) is 0 Å². The van der Waals surface area contributed by atoms with Crippen molar-refractivity contribution >= 4 is 5.97 Å². The van der Waals surface area contributed by atoms with E-state index in [1.54, 1.807) is 6.92 Å². The second-order valence-corrected chi connectivity index (χ2v) is 3.11. The van der Waals surface area contributed by atoms with E-state index in [0.29, 0.717) is 26.4 Å². The second-order valence-electron chi connectivity index (χ2n) is 3.11. The topological polar surface area (TPSA) is 54.0 Å². The molecular weight excluding hydrogens is 200 g/mol. The van der Waals surface area contributed by atoms with Gasteiger partial charge < -0.3 is 18.9 Å². The van der Waals surface area contributed by atoms with E-state index in [1.165, 1.54) is 0 Å². The third-order valence-electron chi connectivity index (χ3n) is 2.01. The summed E-state index contributed by atoms with van der Waals surface area (Å²) >= 11 is 0. The van der Waals surface area contributed by atoms with Crippen molar-refractivity contribution < 1.29 is 23.7 Å². The fourth-order valence-corrected chi connectivity index (χ4v) is 1.41. The third-order valence-corrected chi connectivity index (χ3v) is 2.01. The van der Waals surface area contributed by atoms with Crippen molar-refractivity contribution in [1.29, 1.82) is 0 Å². The van der Waals surface area contributed by atoms with Crippen LogP contribution in [0, 0.1) is 0 Å². The van der Waals surface area contributed by atoms with E-state index in [2.05, 4.69) is 0 Å². The first-order valence-electron chi connectivity index (χ1n) is 5.28. The summed E-state index contributed by atoms with van der Waals surface area (Å²) in [6, 6.07) is 0. The van der Waals surface area contributed by atoms with Crippen LogP contribution in [0.3, 0.4) is 0 Å². The van der Waals surface area contributed by atoms with E-state index in [9.17, 15) is 4.79 Å². The quantitative estimate of drug-likeness (QED) is 0.636. The zero-order chi connectivity index (χ0) is 11.1. The highest BCUT2D eigenvalue weighted by atomic mass is 16.7. The SMILES string of the molecule is CCOC(=O)C[C@H]1OCCO[C@@H]1OCC. The molecule has 0 aromatic carbocycles. The maximum absolute atomic E-state index is 11.2. The summed E-state index contributed by atoms with van der Waals surface area (Å²) in [5, 5.41) is 0. The van der Waals surface area contributed by atoms with Crippen molar-refractivity contribution in [2.24, 2.45) is 0 Å². The van der Waals surface area contributed by atoms with Crippen molar-refractivity contribution in [3.8, 4) is 0 Å². The molecule has 88 valence electrons. The Bertz CT molecular complexity index is 192. The van der Waals surface area contributed by atoms with Gasteiger partial charge in [0.25, 0.3) is 0 Å². The highest BCUT2D eigenvalue weighted by Crippen LogP contribution is 2.15. The Hall–Kier alpha value is -0.650. The van der Waals surface area contributed by atoms with Crippen LogP contribution in [0.2, 0.25) is 0 Å². The Balaban J connectivity index is 2.38. The van der Waals surface area contributed by atoms with Gasteiger partial charge in [0.15, 0.2) is 6.29 Å².